The molecular formula is C13H17KN2O4S3. The van der Waals surface area contributed by atoms with Crippen LogP contribution in [0.4, 0.5) is 0 Å². The zero-order chi connectivity index (χ0) is 16.3. The normalized spacial score (nSPS) is 22.3. The number of carbonyl (C=O) groups is 1. The Kier molecular flexibility index (Phi) is 8.94. The minimum absolute atomic E-state index is 0. The quantitative estimate of drug-likeness (QED) is 0.235. The van der Waals surface area contributed by atoms with Gasteiger partial charge in [-0.3, -0.25) is 9.69 Å². The molecule has 2 fully saturated rings. The third kappa shape index (κ3) is 6.19. The average molecular weight is 401 g/mol. The molecule has 6 nitrogen and oxygen atoms in total. The fourth-order valence-electron chi connectivity index (χ4n) is 2.38. The number of allylic oxidation sites excluding steroid dienone is 3. The summed E-state index contributed by atoms with van der Waals surface area (Å²) in [4.78, 5) is 16.1. The van der Waals surface area contributed by atoms with Crippen LogP contribution >= 0.6 is 24.0 Å². The molecule has 1 amide bonds. The molecule has 0 aliphatic carbocycles. The van der Waals surface area contributed by atoms with E-state index in [-0.39, 0.29) is 68.2 Å². The van der Waals surface area contributed by atoms with Crippen molar-refractivity contribution in [1.82, 2.24) is 9.80 Å². The molecule has 2 aliphatic heterocycles. The number of hydrogen-bond acceptors (Lipinski definition) is 7. The molecule has 0 spiro atoms. The number of amides is 1. The van der Waals surface area contributed by atoms with E-state index >= 15 is 0 Å². The molecule has 122 valence electrons. The Labute approximate surface area is 188 Å². The third-order valence-corrected chi connectivity index (χ3v) is 5.59. The van der Waals surface area contributed by atoms with Crippen LogP contribution in [0.1, 0.15) is 19.8 Å². The van der Waals surface area contributed by atoms with Crippen molar-refractivity contribution < 1.29 is 69.1 Å². The predicted molar refractivity (Wildman–Crippen MR) is 89.1 cm³/mol. The van der Waals surface area contributed by atoms with Crippen molar-refractivity contribution in [2.24, 2.45) is 0 Å². The standard InChI is InChI=1S/C13H18N2O4S3.K/c1-2-14-7-3-4-10(14)5-6-11-12(16)15(13(20)21-11)8-9-22(17,18)19;/h5-6H,2-4,7-9H2,1H3,(H,17,18,19);/q;+1/p-1/b10-5-,11-6-;. The molecule has 0 aromatic heterocycles. The molecule has 0 aromatic rings. The van der Waals surface area contributed by atoms with E-state index in [0.29, 0.717) is 4.91 Å². The first-order valence-electron chi connectivity index (χ1n) is 6.95. The summed E-state index contributed by atoms with van der Waals surface area (Å²) in [5, 5.41) is 0. The van der Waals surface area contributed by atoms with Crippen molar-refractivity contribution >= 4 is 44.3 Å². The van der Waals surface area contributed by atoms with E-state index in [2.05, 4.69) is 11.8 Å². The van der Waals surface area contributed by atoms with Gasteiger partial charge < -0.3 is 9.45 Å². The van der Waals surface area contributed by atoms with E-state index < -0.39 is 15.9 Å². The summed E-state index contributed by atoms with van der Waals surface area (Å²) in [7, 11) is -4.36. The van der Waals surface area contributed by atoms with Crippen LogP contribution in [0.15, 0.2) is 22.8 Å². The summed E-state index contributed by atoms with van der Waals surface area (Å²) < 4.78 is 32.3. The van der Waals surface area contributed by atoms with E-state index in [4.69, 9.17) is 12.2 Å². The molecule has 0 bridgehead atoms. The van der Waals surface area contributed by atoms with Crippen molar-refractivity contribution in [3.05, 3.63) is 22.8 Å². The summed E-state index contributed by atoms with van der Waals surface area (Å²) in [5.41, 5.74) is 1.19. The fourth-order valence-corrected chi connectivity index (χ4v) is 4.04. The molecule has 0 radical (unpaired) electrons. The molecular weight excluding hydrogens is 383 g/mol. The first-order valence-corrected chi connectivity index (χ1v) is 9.75. The maximum atomic E-state index is 12.2. The van der Waals surface area contributed by atoms with Crippen LogP contribution in [0.5, 0.6) is 0 Å². The molecule has 2 heterocycles. The van der Waals surface area contributed by atoms with Crippen LogP contribution in [-0.4, -0.2) is 58.4 Å². The molecule has 2 rings (SSSR count). The number of thioether (sulfide) groups is 1. The van der Waals surface area contributed by atoms with Gasteiger partial charge in [-0.25, -0.2) is 8.42 Å². The number of likely N-dealkylation sites (tertiary alicyclic amines) is 1. The third-order valence-electron chi connectivity index (χ3n) is 3.51. The molecule has 10 heteroatoms. The van der Waals surface area contributed by atoms with Gasteiger partial charge in [0.05, 0.1) is 20.8 Å². The molecule has 2 saturated heterocycles. The van der Waals surface area contributed by atoms with Gasteiger partial charge in [0.2, 0.25) is 0 Å². The van der Waals surface area contributed by atoms with Gasteiger partial charge >= 0.3 is 51.4 Å². The van der Waals surface area contributed by atoms with Gasteiger partial charge in [0.25, 0.3) is 5.91 Å². The van der Waals surface area contributed by atoms with E-state index in [1.165, 1.54) is 10.6 Å². The molecule has 0 atom stereocenters. The molecule has 0 N–H and O–H groups in total. The summed E-state index contributed by atoms with van der Waals surface area (Å²) in [6.07, 6.45) is 5.75. The van der Waals surface area contributed by atoms with E-state index in [1.54, 1.807) is 6.08 Å². The minimum atomic E-state index is -4.36. The van der Waals surface area contributed by atoms with Gasteiger partial charge in [-0.05, 0) is 31.9 Å². The Morgan fingerprint density at radius 3 is 2.70 bits per heavy atom. The average Bonchev–Trinajstić information content (AvgIpc) is 2.98. The number of nitrogens with zero attached hydrogens (tertiary/aromatic N) is 2. The number of hydrogen-bond donors (Lipinski definition) is 0. The van der Waals surface area contributed by atoms with Gasteiger partial charge in [-0.2, -0.15) is 0 Å². The second kappa shape index (κ2) is 9.44. The maximum Gasteiger partial charge on any atom is 1.00 e. The van der Waals surface area contributed by atoms with Gasteiger partial charge in [-0.1, -0.05) is 24.0 Å². The zero-order valence-corrected chi connectivity index (χ0v) is 18.7. The van der Waals surface area contributed by atoms with Crippen molar-refractivity contribution in [1.29, 1.82) is 0 Å². The fraction of sp³-hybridized carbons (Fsp3) is 0.538. The van der Waals surface area contributed by atoms with Crippen LogP contribution in [0, 0.1) is 0 Å². The summed E-state index contributed by atoms with van der Waals surface area (Å²) in [5.74, 6) is -0.964. The Balaban J connectivity index is 0.00000264. The minimum Gasteiger partial charge on any atom is -0.748 e. The van der Waals surface area contributed by atoms with Crippen LogP contribution < -0.4 is 51.4 Å². The summed E-state index contributed by atoms with van der Waals surface area (Å²) >= 11 is 6.21. The van der Waals surface area contributed by atoms with Crippen molar-refractivity contribution in [2.45, 2.75) is 19.8 Å². The Morgan fingerprint density at radius 2 is 2.09 bits per heavy atom. The number of thiocarbonyl (C=S) groups is 1. The molecule has 0 saturated carbocycles. The van der Waals surface area contributed by atoms with Crippen molar-refractivity contribution in [3.63, 3.8) is 0 Å². The van der Waals surface area contributed by atoms with Crippen LogP contribution in [-0.2, 0) is 14.9 Å². The first kappa shape index (κ1) is 21.8. The second-order valence-electron chi connectivity index (χ2n) is 4.96. The SMILES string of the molecule is CCN1CCC/C1=C/C=C1\SC(=S)N(CCS(=O)(=O)[O-])C1=O.[K+]. The Hall–Kier alpha value is 0.736. The maximum absolute atomic E-state index is 12.2. The molecule has 0 unspecified atom stereocenters. The predicted octanol–water partition coefficient (Wildman–Crippen LogP) is -1.72. The zero-order valence-electron chi connectivity index (χ0n) is 13.1. The van der Waals surface area contributed by atoms with Crippen LogP contribution in [0.25, 0.3) is 0 Å². The summed E-state index contributed by atoms with van der Waals surface area (Å²) in [6, 6.07) is 0. The number of carbonyl (C=O) groups excluding carboxylic acids is 1. The van der Waals surface area contributed by atoms with E-state index in [9.17, 15) is 17.8 Å². The van der Waals surface area contributed by atoms with Gasteiger partial charge in [0.15, 0.2) is 0 Å². The van der Waals surface area contributed by atoms with E-state index in [1.807, 2.05) is 6.08 Å². The Bertz CT molecular complexity index is 646. The van der Waals surface area contributed by atoms with Gasteiger partial charge in [0.1, 0.15) is 4.32 Å². The molecule has 0 aromatic carbocycles. The van der Waals surface area contributed by atoms with Crippen LogP contribution in [0.3, 0.4) is 0 Å². The van der Waals surface area contributed by atoms with Crippen molar-refractivity contribution in [2.75, 3.05) is 25.4 Å². The molecule has 2 aliphatic rings. The number of rotatable bonds is 5. The smallest absolute Gasteiger partial charge is 0.748 e. The Morgan fingerprint density at radius 1 is 1.39 bits per heavy atom. The first-order chi connectivity index (χ1) is 10.3. The molecule has 23 heavy (non-hydrogen) atoms. The topological polar surface area (TPSA) is 80.8 Å². The van der Waals surface area contributed by atoms with Crippen LogP contribution in [0.2, 0.25) is 0 Å². The van der Waals surface area contributed by atoms with Gasteiger partial charge in [-0.15, -0.1) is 0 Å². The summed E-state index contributed by atoms with van der Waals surface area (Å²) in [6.45, 7) is 3.86. The second-order valence-corrected chi connectivity index (χ2v) is 8.16. The van der Waals surface area contributed by atoms with Crippen molar-refractivity contribution in [3.8, 4) is 0 Å². The van der Waals surface area contributed by atoms with Gasteiger partial charge in [0, 0.05) is 25.3 Å². The monoisotopic (exact) mass is 400 g/mol. The van der Waals surface area contributed by atoms with E-state index in [0.717, 1.165) is 37.7 Å². The largest absolute Gasteiger partial charge is 1.00 e.